The zero-order valence-electron chi connectivity index (χ0n) is 16.6. The van der Waals surface area contributed by atoms with Gasteiger partial charge in [0.25, 0.3) is 0 Å². The van der Waals surface area contributed by atoms with Crippen LogP contribution >= 0.6 is 0 Å². The molecule has 1 aliphatic rings. The van der Waals surface area contributed by atoms with Crippen molar-refractivity contribution in [2.45, 2.75) is 78.6 Å². The molecule has 0 spiro atoms. The van der Waals surface area contributed by atoms with E-state index in [9.17, 15) is 4.79 Å². The largest absolute Gasteiger partial charge is 0.490 e. The molecule has 0 amide bonds. The van der Waals surface area contributed by atoms with Gasteiger partial charge in [-0.15, -0.1) is 0 Å². The van der Waals surface area contributed by atoms with E-state index in [1.165, 1.54) is 0 Å². The molecule has 5 heteroatoms. The monoisotopic (exact) mass is 354 g/mol. The fourth-order valence-electron chi connectivity index (χ4n) is 2.37. The molecule has 24 heavy (non-hydrogen) atoms. The minimum absolute atomic E-state index is 0.0195. The summed E-state index contributed by atoms with van der Waals surface area (Å²) in [6, 6.07) is 0. The summed E-state index contributed by atoms with van der Waals surface area (Å²) in [7, 11) is -1.79. The Labute approximate surface area is 148 Å². The summed E-state index contributed by atoms with van der Waals surface area (Å²) in [5, 5.41) is 0.179. The van der Waals surface area contributed by atoms with Gasteiger partial charge in [-0.1, -0.05) is 27.7 Å². The normalized spacial score (nSPS) is 19.0. The van der Waals surface area contributed by atoms with E-state index in [0.717, 1.165) is 12.0 Å². The Hall–Kier alpha value is -1.07. The van der Waals surface area contributed by atoms with Gasteiger partial charge in [0, 0.05) is 6.61 Å². The van der Waals surface area contributed by atoms with Gasteiger partial charge in [-0.05, 0) is 56.5 Å². The lowest BCUT2D eigenvalue weighted by atomic mass is 9.97. The predicted molar refractivity (Wildman–Crippen MR) is 100 cm³/mol. The SMILES string of the molecule is CCOC(=O)C1=C(C)OC(CC)C=C1CCO[Si](C)(C)C(C)(C)C. The van der Waals surface area contributed by atoms with E-state index in [0.29, 0.717) is 31.0 Å². The van der Waals surface area contributed by atoms with E-state index in [2.05, 4.69) is 40.8 Å². The number of esters is 1. The van der Waals surface area contributed by atoms with Crippen LogP contribution in [0.4, 0.5) is 0 Å². The average molecular weight is 355 g/mol. The maximum Gasteiger partial charge on any atom is 0.341 e. The average Bonchev–Trinajstić information content (AvgIpc) is 2.45. The Balaban J connectivity index is 2.88. The standard InChI is InChI=1S/C19H34O4Si/c1-9-16-13-15(11-12-22-24(7,8)19(4,5)6)17(14(3)23-16)18(20)21-10-2/h13,16H,9-12H2,1-8H3. The van der Waals surface area contributed by atoms with E-state index in [-0.39, 0.29) is 17.1 Å². The van der Waals surface area contributed by atoms with E-state index in [1.54, 1.807) is 0 Å². The van der Waals surface area contributed by atoms with Crippen molar-refractivity contribution in [2.24, 2.45) is 0 Å². The van der Waals surface area contributed by atoms with Crippen molar-refractivity contribution in [1.29, 1.82) is 0 Å². The molecule has 138 valence electrons. The second-order valence-corrected chi connectivity index (χ2v) is 12.6. The zero-order valence-corrected chi connectivity index (χ0v) is 17.6. The Bertz CT molecular complexity index is 512. The van der Waals surface area contributed by atoms with Gasteiger partial charge in [0.15, 0.2) is 8.32 Å². The number of ether oxygens (including phenoxy) is 2. The van der Waals surface area contributed by atoms with Crippen LogP contribution in [0.1, 0.15) is 54.4 Å². The molecule has 0 radical (unpaired) electrons. The first-order valence-corrected chi connectivity index (χ1v) is 11.8. The van der Waals surface area contributed by atoms with Crippen molar-refractivity contribution in [1.82, 2.24) is 0 Å². The highest BCUT2D eigenvalue weighted by molar-refractivity contribution is 6.74. The Morgan fingerprint density at radius 3 is 2.42 bits per heavy atom. The molecule has 0 aromatic heterocycles. The fourth-order valence-corrected chi connectivity index (χ4v) is 3.42. The van der Waals surface area contributed by atoms with Gasteiger partial charge in [0.2, 0.25) is 0 Å². The van der Waals surface area contributed by atoms with E-state index in [1.807, 2.05) is 19.9 Å². The zero-order chi connectivity index (χ0) is 18.5. The molecule has 4 nitrogen and oxygen atoms in total. The second-order valence-electron chi connectivity index (χ2n) is 7.77. The molecule has 0 bridgehead atoms. The van der Waals surface area contributed by atoms with Gasteiger partial charge >= 0.3 is 5.97 Å². The minimum atomic E-state index is -1.79. The minimum Gasteiger partial charge on any atom is -0.490 e. The molecule has 0 fully saturated rings. The van der Waals surface area contributed by atoms with Crippen molar-refractivity contribution >= 4 is 14.3 Å². The Morgan fingerprint density at radius 2 is 1.92 bits per heavy atom. The molecule has 1 atom stereocenters. The summed E-state index contributed by atoms with van der Waals surface area (Å²) < 4.78 is 17.3. The van der Waals surface area contributed by atoms with Crippen molar-refractivity contribution in [2.75, 3.05) is 13.2 Å². The number of rotatable bonds is 7. The van der Waals surface area contributed by atoms with Gasteiger partial charge in [0.05, 0.1) is 6.61 Å². The summed E-state index contributed by atoms with van der Waals surface area (Å²) in [5.74, 6) is 0.355. The molecule has 0 aromatic carbocycles. The van der Waals surface area contributed by atoms with Crippen LogP contribution in [0.15, 0.2) is 23.0 Å². The van der Waals surface area contributed by atoms with E-state index in [4.69, 9.17) is 13.9 Å². The molecule has 0 saturated carbocycles. The summed E-state index contributed by atoms with van der Waals surface area (Å²) >= 11 is 0. The molecular weight excluding hydrogens is 320 g/mol. The Kier molecular flexibility index (Phi) is 7.29. The maximum atomic E-state index is 12.3. The van der Waals surface area contributed by atoms with E-state index >= 15 is 0 Å². The molecular formula is C19H34O4Si. The van der Waals surface area contributed by atoms with Crippen molar-refractivity contribution in [3.05, 3.63) is 23.0 Å². The van der Waals surface area contributed by atoms with Gasteiger partial charge in [-0.2, -0.15) is 0 Å². The van der Waals surface area contributed by atoms with Gasteiger partial charge < -0.3 is 13.9 Å². The molecule has 1 heterocycles. The molecule has 0 N–H and O–H groups in total. The van der Waals surface area contributed by atoms with Crippen LogP contribution in [0.25, 0.3) is 0 Å². The maximum absolute atomic E-state index is 12.3. The second kappa shape index (κ2) is 8.34. The number of hydrogen-bond acceptors (Lipinski definition) is 4. The molecule has 1 rings (SSSR count). The van der Waals surface area contributed by atoms with Crippen LogP contribution < -0.4 is 0 Å². The topological polar surface area (TPSA) is 44.8 Å². The van der Waals surface area contributed by atoms with Crippen molar-refractivity contribution in [3.8, 4) is 0 Å². The first-order chi connectivity index (χ1) is 11.0. The number of carbonyl (C=O) groups is 1. The summed E-state index contributed by atoms with van der Waals surface area (Å²) in [4.78, 5) is 12.3. The smallest absolute Gasteiger partial charge is 0.341 e. The molecule has 1 unspecified atom stereocenters. The first kappa shape index (κ1) is 21.0. The molecule has 0 aromatic rings. The summed E-state index contributed by atoms with van der Waals surface area (Å²) in [5.41, 5.74) is 1.56. The van der Waals surface area contributed by atoms with Crippen molar-refractivity contribution in [3.63, 3.8) is 0 Å². The third kappa shape index (κ3) is 5.21. The Morgan fingerprint density at radius 1 is 1.29 bits per heavy atom. The quantitative estimate of drug-likeness (QED) is 0.478. The summed E-state index contributed by atoms with van der Waals surface area (Å²) in [6.07, 6.45) is 3.65. The summed E-state index contributed by atoms with van der Waals surface area (Å²) in [6.45, 7) is 17.9. The highest BCUT2D eigenvalue weighted by atomic mass is 28.4. The lowest BCUT2D eigenvalue weighted by Gasteiger charge is -2.36. The van der Waals surface area contributed by atoms with Gasteiger partial charge in [-0.3, -0.25) is 0 Å². The number of hydrogen-bond donors (Lipinski definition) is 0. The number of carbonyl (C=O) groups excluding carboxylic acids is 1. The van der Waals surface area contributed by atoms with Crippen LogP contribution in [0.5, 0.6) is 0 Å². The highest BCUT2D eigenvalue weighted by Crippen LogP contribution is 2.37. The first-order valence-electron chi connectivity index (χ1n) is 8.93. The lowest BCUT2D eigenvalue weighted by molar-refractivity contribution is -0.138. The van der Waals surface area contributed by atoms with Crippen LogP contribution in [0.2, 0.25) is 18.1 Å². The van der Waals surface area contributed by atoms with Gasteiger partial charge in [0.1, 0.15) is 17.4 Å². The van der Waals surface area contributed by atoms with Crippen molar-refractivity contribution < 1.29 is 18.7 Å². The molecule has 0 saturated heterocycles. The third-order valence-electron chi connectivity index (χ3n) is 4.91. The third-order valence-corrected chi connectivity index (χ3v) is 9.45. The molecule has 0 aliphatic carbocycles. The predicted octanol–water partition coefficient (Wildman–Crippen LogP) is 4.97. The van der Waals surface area contributed by atoms with Crippen LogP contribution in [-0.4, -0.2) is 33.6 Å². The van der Waals surface area contributed by atoms with Crippen LogP contribution in [-0.2, 0) is 18.7 Å². The van der Waals surface area contributed by atoms with Crippen LogP contribution in [0, 0.1) is 0 Å². The number of allylic oxidation sites excluding steroid dienone is 1. The lowest BCUT2D eigenvalue weighted by Crippen LogP contribution is -2.41. The fraction of sp³-hybridized carbons (Fsp3) is 0.737. The van der Waals surface area contributed by atoms with Crippen LogP contribution in [0.3, 0.4) is 0 Å². The van der Waals surface area contributed by atoms with E-state index < -0.39 is 8.32 Å². The van der Waals surface area contributed by atoms with Gasteiger partial charge in [-0.25, -0.2) is 4.79 Å². The molecule has 1 aliphatic heterocycles. The highest BCUT2D eigenvalue weighted by Gasteiger charge is 2.37.